The van der Waals surface area contributed by atoms with E-state index in [1.807, 2.05) is 44.2 Å². The van der Waals surface area contributed by atoms with Gasteiger partial charge in [-0.15, -0.1) is 0 Å². The fraction of sp³-hybridized carbons (Fsp3) is 0.158. The van der Waals surface area contributed by atoms with E-state index in [0.29, 0.717) is 16.4 Å². The second-order valence-corrected chi connectivity index (χ2v) is 6.34. The van der Waals surface area contributed by atoms with Gasteiger partial charge in [-0.05, 0) is 55.4 Å². The van der Waals surface area contributed by atoms with Gasteiger partial charge in [-0.3, -0.25) is 4.79 Å². The Balaban J connectivity index is 1.97. The maximum Gasteiger partial charge on any atom is 0.255 e. The maximum absolute atomic E-state index is 13.0. The molecule has 2 aromatic rings. The number of carbonyl (C=O) groups excluding carboxylic acids is 1. The summed E-state index contributed by atoms with van der Waals surface area (Å²) in [7, 11) is 0. The third kappa shape index (κ3) is 3.64. The van der Waals surface area contributed by atoms with Crippen LogP contribution in [0, 0.1) is 6.92 Å². The van der Waals surface area contributed by atoms with E-state index < -0.39 is 6.04 Å². The van der Waals surface area contributed by atoms with Crippen LogP contribution in [0.15, 0.2) is 59.8 Å². The number of rotatable bonds is 3. The first-order valence-corrected chi connectivity index (χ1v) is 8.30. The first-order valence-electron chi connectivity index (χ1n) is 7.90. The summed E-state index contributed by atoms with van der Waals surface area (Å²) >= 11 is 5.23. The average molecular weight is 353 g/mol. The number of benzene rings is 2. The van der Waals surface area contributed by atoms with E-state index in [1.54, 1.807) is 18.2 Å². The molecule has 0 fully saturated rings. The molecule has 6 heteroatoms. The van der Waals surface area contributed by atoms with Gasteiger partial charge in [0.1, 0.15) is 5.75 Å². The van der Waals surface area contributed by atoms with Gasteiger partial charge in [0, 0.05) is 11.4 Å². The lowest BCUT2D eigenvalue weighted by molar-refractivity contribution is -0.113. The van der Waals surface area contributed by atoms with Crippen LogP contribution in [0.5, 0.6) is 5.75 Å². The Morgan fingerprint density at radius 3 is 2.64 bits per heavy atom. The summed E-state index contributed by atoms with van der Waals surface area (Å²) in [4.78, 5) is 13.0. The Hall–Kier alpha value is -2.86. The van der Waals surface area contributed by atoms with Crippen molar-refractivity contribution in [1.82, 2.24) is 10.6 Å². The minimum Gasteiger partial charge on any atom is -0.508 e. The van der Waals surface area contributed by atoms with Crippen molar-refractivity contribution in [2.45, 2.75) is 19.9 Å². The van der Waals surface area contributed by atoms with E-state index in [9.17, 15) is 9.90 Å². The lowest BCUT2D eigenvalue weighted by Gasteiger charge is -2.30. The molecular formula is C19H19N3O2S. The molecule has 25 heavy (non-hydrogen) atoms. The second kappa shape index (κ2) is 6.94. The number of allylic oxidation sites excluding steroid dienone is 1. The monoisotopic (exact) mass is 353 g/mol. The van der Waals surface area contributed by atoms with Crippen molar-refractivity contribution in [2.24, 2.45) is 0 Å². The average Bonchev–Trinajstić information content (AvgIpc) is 2.56. The zero-order chi connectivity index (χ0) is 18.0. The summed E-state index contributed by atoms with van der Waals surface area (Å²) in [5, 5.41) is 19.3. The number of anilines is 1. The SMILES string of the molecule is CC1=C(C(=O)Nc2ccccc2C)C(c2cccc(O)c2)NC(=S)N1. The number of thiocarbonyl (C=S) groups is 1. The van der Waals surface area contributed by atoms with Gasteiger partial charge in [-0.2, -0.15) is 0 Å². The highest BCUT2D eigenvalue weighted by Crippen LogP contribution is 2.29. The molecular weight excluding hydrogens is 334 g/mol. The van der Waals surface area contributed by atoms with Crippen molar-refractivity contribution >= 4 is 28.9 Å². The lowest BCUT2D eigenvalue weighted by atomic mass is 9.94. The van der Waals surface area contributed by atoms with Crippen LogP contribution >= 0.6 is 12.2 Å². The minimum atomic E-state index is -0.440. The fourth-order valence-electron chi connectivity index (χ4n) is 2.85. The molecule has 1 aliphatic rings. The van der Waals surface area contributed by atoms with Crippen molar-refractivity contribution in [3.63, 3.8) is 0 Å². The largest absolute Gasteiger partial charge is 0.508 e. The Kier molecular flexibility index (Phi) is 4.72. The Morgan fingerprint density at radius 2 is 1.92 bits per heavy atom. The standard InChI is InChI=1S/C19H19N3O2S/c1-11-6-3-4-9-15(11)21-18(24)16-12(2)20-19(25)22-17(16)13-7-5-8-14(23)10-13/h3-10,17,23H,1-2H3,(H,21,24)(H2,20,22,25). The number of phenolic OH excluding ortho intramolecular Hbond substituents is 1. The zero-order valence-electron chi connectivity index (χ0n) is 14.0. The van der Waals surface area contributed by atoms with E-state index >= 15 is 0 Å². The van der Waals surface area contributed by atoms with Crippen LogP contribution in [0.3, 0.4) is 0 Å². The highest BCUT2D eigenvalue weighted by Gasteiger charge is 2.30. The molecule has 0 bridgehead atoms. The number of phenols is 1. The van der Waals surface area contributed by atoms with Crippen molar-refractivity contribution < 1.29 is 9.90 Å². The highest BCUT2D eigenvalue weighted by atomic mass is 32.1. The smallest absolute Gasteiger partial charge is 0.255 e. The number of hydrogen-bond donors (Lipinski definition) is 4. The van der Waals surface area contributed by atoms with Crippen LogP contribution in [0.2, 0.25) is 0 Å². The second-order valence-electron chi connectivity index (χ2n) is 5.93. The molecule has 1 aliphatic heterocycles. The van der Waals surface area contributed by atoms with Crippen LogP contribution in [0.4, 0.5) is 5.69 Å². The summed E-state index contributed by atoms with van der Waals surface area (Å²) in [6, 6.07) is 14.0. The predicted molar refractivity (Wildman–Crippen MR) is 102 cm³/mol. The van der Waals surface area contributed by atoms with Gasteiger partial charge in [0.15, 0.2) is 5.11 Å². The molecule has 4 N–H and O–H groups in total. The first-order chi connectivity index (χ1) is 12.0. The van der Waals surface area contributed by atoms with E-state index in [1.165, 1.54) is 0 Å². The summed E-state index contributed by atoms with van der Waals surface area (Å²) < 4.78 is 0. The van der Waals surface area contributed by atoms with Gasteiger partial charge in [0.05, 0.1) is 11.6 Å². The van der Waals surface area contributed by atoms with E-state index in [4.69, 9.17) is 12.2 Å². The molecule has 0 saturated carbocycles. The Morgan fingerprint density at radius 1 is 1.16 bits per heavy atom. The zero-order valence-corrected chi connectivity index (χ0v) is 14.8. The third-order valence-electron chi connectivity index (χ3n) is 4.11. The summed E-state index contributed by atoms with van der Waals surface area (Å²) in [6.45, 7) is 3.76. The lowest BCUT2D eigenvalue weighted by Crippen LogP contribution is -2.45. The van der Waals surface area contributed by atoms with Gasteiger partial charge in [0.2, 0.25) is 0 Å². The van der Waals surface area contributed by atoms with Crippen LogP contribution in [0.25, 0.3) is 0 Å². The van der Waals surface area contributed by atoms with E-state index in [0.717, 1.165) is 16.8 Å². The van der Waals surface area contributed by atoms with Crippen LogP contribution in [0.1, 0.15) is 24.1 Å². The quantitative estimate of drug-likeness (QED) is 0.638. The molecule has 2 aromatic carbocycles. The summed E-state index contributed by atoms with van der Waals surface area (Å²) in [5.41, 5.74) is 3.72. The number of aryl methyl sites for hydroxylation is 1. The number of aromatic hydroxyl groups is 1. The summed E-state index contributed by atoms with van der Waals surface area (Å²) in [5.74, 6) is -0.0808. The minimum absolute atomic E-state index is 0.139. The van der Waals surface area contributed by atoms with Gasteiger partial charge < -0.3 is 21.1 Å². The van der Waals surface area contributed by atoms with Gasteiger partial charge >= 0.3 is 0 Å². The third-order valence-corrected chi connectivity index (χ3v) is 4.33. The molecule has 3 rings (SSSR count). The van der Waals surface area contributed by atoms with E-state index in [2.05, 4.69) is 16.0 Å². The van der Waals surface area contributed by atoms with Gasteiger partial charge in [-0.1, -0.05) is 30.3 Å². The fourth-order valence-corrected chi connectivity index (χ4v) is 3.12. The van der Waals surface area contributed by atoms with Crippen molar-refractivity contribution in [1.29, 1.82) is 0 Å². The van der Waals surface area contributed by atoms with E-state index in [-0.39, 0.29) is 11.7 Å². The number of para-hydroxylation sites is 1. The van der Waals surface area contributed by atoms with Crippen molar-refractivity contribution in [3.8, 4) is 5.75 Å². The molecule has 0 saturated heterocycles. The van der Waals surface area contributed by atoms with Crippen LogP contribution in [-0.4, -0.2) is 16.1 Å². The predicted octanol–water partition coefficient (Wildman–Crippen LogP) is 3.13. The van der Waals surface area contributed by atoms with Gasteiger partial charge in [-0.25, -0.2) is 0 Å². The first kappa shape index (κ1) is 17.0. The Bertz CT molecular complexity index is 876. The molecule has 1 unspecified atom stereocenters. The molecule has 0 radical (unpaired) electrons. The highest BCUT2D eigenvalue weighted by molar-refractivity contribution is 7.80. The maximum atomic E-state index is 13.0. The van der Waals surface area contributed by atoms with Crippen molar-refractivity contribution in [2.75, 3.05) is 5.32 Å². The molecule has 1 atom stereocenters. The number of nitrogens with one attached hydrogen (secondary N) is 3. The molecule has 1 amide bonds. The molecule has 0 aliphatic carbocycles. The number of carbonyl (C=O) groups is 1. The number of hydrogen-bond acceptors (Lipinski definition) is 3. The molecule has 1 heterocycles. The Labute approximate surface area is 151 Å². The molecule has 0 aromatic heterocycles. The molecule has 0 spiro atoms. The van der Waals surface area contributed by atoms with Crippen LogP contribution < -0.4 is 16.0 Å². The molecule has 5 nitrogen and oxygen atoms in total. The molecule has 128 valence electrons. The van der Waals surface area contributed by atoms with Crippen molar-refractivity contribution in [3.05, 3.63) is 70.9 Å². The van der Waals surface area contributed by atoms with Crippen LogP contribution in [-0.2, 0) is 4.79 Å². The topological polar surface area (TPSA) is 73.4 Å². The number of amides is 1. The van der Waals surface area contributed by atoms with Gasteiger partial charge in [0.25, 0.3) is 5.91 Å². The normalized spacial score (nSPS) is 16.9. The summed E-state index contributed by atoms with van der Waals surface area (Å²) in [6.07, 6.45) is 0.